The summed E-state index contributed by atoms with van der Waals surface area (Å²) in [6.07, 6.45) is 4.86. The highest BCUT2D eigenvalue weighted by molar-refractivity contribution is 6.99. The third-order valence-electron chi connectivity index (χ3n) is 13.9. The van der Waals surface area contributed by atoms with Gasteiger partial charge < -0.3 is 19.3 Å². The van der Waals surface area contributed by atoms with Gasteiger partial charge in [0.1, 0.15) is 0 Å². The Morgan fingerprint density at radius 3 is 1.68 bits per heavy atom. The van der Waals surface area contributed by atoms with E-state index in [0.29, 0.717) is 0 Å². The molecule has 5 nitrogen and oxygen atoms in total. The first-order chi connectivity index (χ1) is 28.0. The molecule has 2 unspecified atom stereocenters. The van der Waals surface area contributed by atoms with Crippen LogP contribution in [-0.2, 0) is 5.41 Å². The van der Waals surface area contributed by atoms with Crippen molar-refractivity contribution in [3.8, 4) is 5.69 Å². The molecule has 57 heavy (non-hydrogen) atoms. The Morgan fingerprint density at radius 1 is 0.544 bits per heavy atom. The van der Waals surface area contributed by atoms with Crippen molar-refractivity contribution >= 4 is 79.9 Å². The van der Waals surface area contributed by atoms with E-state index in [-0.39, 0.29) is 17.7 Å². The minimum atomic E-state index is -0.0584. The molecule has 6 heteroatoms. The zero-order valence-corrected chi connectivity index (χ0v) is 32.3. The summed E-state index contributed by atoms with van der Waals surface area (Å²) in [5.74, 6) is 0. The minimum Gasteiger partial charge on any atom is -0.335 e. The van der Waals surface area contributed by atoms with E-state index in [1.54, 1.807) is 0 Å². The molecule has 4 heterocycles. The van der Waals surface area contributed by atoms with Crippen molar-refractivity contribution in [3.05, 3.63) is 175 Å². The van der Waals surface area contributed by atoms with Crippen molar-refractivity contribution in [3.63, 3.8) is 0 Å². The van der Waals surface area contributed by atoms with Gasteiger partial charge in [0, 0.05) is 56.6 Å². The summed E-state index contributed by atoms with van der Waals surface area (Å²) in [5, 5.41) is 0. The summed E-state index contributed by atoms with van der Waals surface area (Å²) in [5.41, 5.74) is 18.3. The van der Waals surface area contributed by atoms with E-state index >= 15 is 0 Å². The molecule has 1 aromatic heterocycles. The fourth-order valence-corrected chi connectivity index (χ4v) is 11.1. The van der Waals surface area contributed by atoms with Crippen LogP contribution in [0.2, 0.25) is 0 Å². The number of para-hydroxylation sites is 4. The predicted molar refractivity (Wildman–Crippen MR) is 238 cm³/mol. The van der Waals surface area contributed by atoms with Crippen LogP contribution in [0, 0.1) is 0 Å². The molecule has 0 amide bonds. The lowest BCUT2D eigenvalue weighted by molar-refractivity contribution is 0.195. The van der Waals surface area contributed by atoms with Gasteiger partial charge in [0.05, 0.1) is 22.3 Å². The molecule has 1 fully saturated rings. The van der Waals surface area contributed by atoms with Gasteiger partial charge in [-0.3, -0.25) is 0 Å². The van der Waals surface area contributed by atoms with Crippen molar-refractivity contribution < 1.29 is 0 Å². The molecular formula is C51H42BN5. The Balaban J connectivity index is 1.10. The first-order valence-electron chi connectivity index (χ1n) is 20.5. The fourth-order valence-electron chi connectivity index (χ4n) is 11.1. The summed E-state index contributed by atoms with van der Waals surface area (Å²) in [4.78, 5) is 13.1. The lowest BCUT2D eigenvalue weighted by atomic mass is 9.39. The third-order valence-corrected chi connectivity index (χ3v) is 13.9. The van der Waals surface area contributed by atoms with E-state index in [4.69, 9.17) is 4.98 Å². The molecule has 3 aliphatic heterocycles. The molecule has 1 aliphatic carbocycles. The molecule has 0 saturated heterocycles. The summed E-state index contributed by atoms with van der Waals surface area (Å²) in [6.45, 7) is 5.14. The molecule has 4 aliphatic rings. The smallest absolute Gasteiger partial charge is 0.294 e. The Hall–Kier alpha value is -6.53. The number of hydrogen-bond donors (Lipinski definition) is 0. The summed E-state index contributed by atoms with van der Waals surface area (Å²) < 4.78 is 2.49. The van der Waals surface area contributed by atoms with Crippen LogP contribution in [-0.4, -0.2) is 21.8 Å². The van der Waals surface area contributed by atoms with Crippen LogP contribution >= 0.6 is 0 Å². The number of rotatable bonds is 6. The topological polar surface area (TPSA) is 27.5 Å². The second-order valence-corrected chi connectivity index (χ2v) is 16.7. The van der Waals surface area contributed by atoms with E-state index < -0.39 is 0 Å². The molecule has 1 saturated carbocycles. The van der Waals surface area contributed by atoms with Gasteiger partial charge in [-0.1, -0.05) is 105 Å². The maximum Gasteiger partial charge on any atom is 0.294 e. The number of benzene rings is 7. The molecule has 2 atom stereocenters. The van der Waals surface area contributed by atoms with Crippen LogP contribution in [0.25, 0.3) is 16.7 Å². The molecule has 0 bridgehead atoms. The average molecular weight is 736 g/mol. The molecule has 274 valence electrons. The van der Waals surface area contributed by atoms with E-state index in [9.17, 15) is 0 Å². The van der Waals surface area contributed by atoms with Crippen molar-refractivity contribution in [2.45, 2.75) is 50.5 Å². The maximum atomic E-state index is 5.55. The maximum absolute atomic E-state index is 5.55. The van der Waals surface area contributed by atoms with Crippen LogP contribution < -0.4 is 31.3 Å². The number of nitrogens with zero attached hydrogens (tertiary/aromatic N) is 5. The molecule has 8 aromatic rings. The predicted octanol–water partition coefficient (Wildman–Crippen LogP) is 10.9. The number of hydrogen-bond acceptors (Lipinski definition) is 4. The highest BCUT2D eigenvalue weighted by Crippen LogP contribution is 2.62. The standard InChI is InChI=1S/C51H42BN5/c1-50-31-15-16-32-51(50,2)57-45-33-39(54(35-17-7-3-8-18-35)36-19-9-4-10-20-36)25-28-42(45)52-47-44(30-27-41(50)48(47)57)56-46-34-40(26-29-43(46)53-49(52)56)55(37-21-11-5-12-22-37)38-23-13-6-14-24-38/h3-14,17-30,33-34H,15-16,31-32H2,1-2H3. The van der Waals surface area contributed by atoms with Gasteiger partial charge in [-0.05, 0) is 121 Å². The summed E-state index contributed by atoms with van der Waals surface area (Å²) >= 11 is 0. The fraction of sp³-hybridized carbons (Fsp3) is 0.157. The number of imidazole rings is 1. The molecule has 0 spiro atoms. The monoisotopic (exact) mass is 735 g/mol. The van der Waals surface area contributed by atoms with Crippen LogP contribution in [0.1, 0.15) is 45.1 Å². The molecule has 7 aromatic carbocycles. The van der Waals surface area contributed by atoms with E-state index in [0.717, 1.165) is 51.6 Å². The van der Waals surface area contributed by atoms with Crippen molar-refractivity contribution in [2.24, 2.45) is 0 Å². The van der Waals surface area contributed by atoms with Crippen molar-refractivity contribution in [1.82, 2.24) is 9.55 Å². The van der Waals surface area contributed by atoms with Gasteiger partial charge in [-0.25, -0.2) is 4.98 Å². The van der Waals surface area contributed by atoms with Crippen LogP contribution in [0.3, 0.4) is 0 Å². The van der Waals surface area contributed by atoms with Gasteiger partial charge in [0.25, 0.3) is 6.71 Å². The Labute approximate surface area is 334 Å². The van der Waals surface area contributed by atoms with Gasteiger partial charge in [-0.15, -0.1) is 0 Å². The second-order valence-electron chi connectivity index (χ2n) is 16.7. The Bertz CT molecular complexity index is 2780. The summed E-state index contributed by atoms with van der Waals surface area (Å²) in [7, 11) is 0. The Morgan fingerprint density at radius 2 is 1.09 bits per heavy atom. The number of aromatic nitrogens is 2. The Kier molecular flexibility index (Phi) is 6.88. The first-order valence-corrected chi connectivity index (χ1v) is 20.5. The SMILES string of the molecule is CC12CCCCC1(C)N1c3cc(N(c4ccccc4)c4ccccc4)ccc3B3c4c(ccc2c41)-n1c3nc2ccc(N(c3ccccc3)c3ccccc3)cc21. The molecular weight excluding hydrogens is 693 g/mol. The second kappa shape index (κ2) is 12.0. The highest BCUT2D eigenvalue weighted by atomic mass is 15.3. The van der Waals surface area contributed by atoms with Gasteiger partial charge in [0.15, 0.2) is 0 Å². The van der Waals surface area contributed by atoms with Crippen molar-refractivity contribution in [2.75, 3.05) is 14.7 Å². The molecule has 0 radical (unpaired) electrons. The zero-order valence-electron chi connectivity index (χ0n) is 32.3. The lowest BCUT2D eigenvalue weighted by Gasteiger charge is -2.51. The zero-order chi connectivity index (χ0) is 37.9. The largest absolute Gasteiger partial charge is 0.335 e. The molecule has 0 N–H and O–H groups in total. The van der Waals surface area contributed by atoms with Crippen LogP contribution in [0.15, 0.2) is 170 Å². The van der Waals surface area contributed by atoms with Gasteiger partial charge in [-0.2, -0.15) is 0 Å². The quantitative estimate of drug-likeness (QED) is 0.159. The van der Waals surface area contributed by atoms with E-state index in [1.165, 1.54) is 58.5 Å². The third kappa shape index (κ3) is 4.44. The van der Waals surface area contributed by atoms with E-state index in [1.807, 2.05) is 0 Å². The normalized spacial score (nSPS) is 19.5. The first kappa shape index (κ1) is 32.7. The van der Waals surface area contributed by atoms with Gasteiger partial charge in [0.2, 0.25) is 0 Å². The van der Waals surface area contributed by atoms with E-state index in [2.05, 4.69) is 203 Å². The number of anilines is 8. The summed E-state index contributed by atoms with van der Waals surface area (Å²) in [6, 6.07) is 61.9. The van der Waals surface area contributed by atoms with Gasteiger partial charge >= 0.3 is 0 Å². The minimum absolute atomic E-state index is 0.0275. The molecule has 12 rings (SSSR count). The average Bonchev–Trinajstić information content (AvgIpc) is 3.86. The van der Waals surface area contributed by atoms with Crippen LogP contribution in [0.4, 0.5) is 45.5 Å². The van der Waals surface area contributed by atoms with Crippen LogP contribution in [0.5, 0.6) is 0 Å². The number of fused-ring (bicyclic) bond motifs is 11. The van der Waals surface area contributed by atoms with Crippen molar-refractivity contribution in [1.29, 1.82) is 0 Å². The highest BCUT2D eigenvalue weighted by Gasteiger charge is 2.62. The lowest BCUT2D eigenvalue weighted by Crippen LogP contribution is -2.61.